The third-order valence-electron chi connectivity index (χ3n) is 4.57. The Morgan fingerprint density at radius 3 is 2.87 bits per heavy atom. The zero-order chi connectivity index (χ0) is 20.5. The van der Waals surface area contributed by atoms with Crippen LogP contribution in [0, 0.1) is 5.82 Å². The van der Waals surface area contributed by atoms with Crippen LogP contribution in [0.25, 0.3) is 23.0 Å². The molecule has 0 spiro atoms. The lowest BCUT2D eigenvalue weighted by Gasteiger charge is -2.08. The molecule has 1 amide bonds. The minimum absolute atomic E-state index is 0.0432. The second-order valence-electron chi connectivity index (χ2n) is 6.54. The number of carbonyl (C=O) groups excluding carboxylic acids is 1. The van der Waals surface area contributed by atoms with Gasteiger partial charge < -0.3 is 23.9 Å². The number of para-hydroxylation sites is 1. The maximum absolute atomic E-state index is 13.7. The molecule has 0 bridgehead atoms. The first-order valence-corrected chi connectivity index (χ1v) is 9.11. The molecule has 0 saturated carbocycles. The van der Waals surface area contributed by atoms with Crippen molar-refractivity contribution in [2.24, 2.45) is 0 Å². The normalized spacial score (nSPS) is 12.2. The number of carbonyl (C=O) groups is 1. The molecular weight excluding hydrogens is 391 g/mol. The van der Waals surface area contributed by atoms with Gasteiger partial charge in [0.05, 0.1) is 5.69 Å². The van der Waals surface area contributed by atoms with E-state index in [0.29, 0.717) is 28.6 Å². The van der Waals surface area contributed by atoms with Crippen LogP contribution < -0.4 is 14.8 Å². The maximum atomic E-state index is 13.7. The molecule has 0 atom stereocenters. The first-order chi connectivity index (χ1) is 14.7. The molecular formula is C21H15FN4O4. The SMILES string of the molecule is O=C(Cn1cccc1-c1nc(-c2ccc3c(c2)OCO3)no1)Nc1ccccc1F. The predicted octanol–water partition coefficient (Wildman–Crippen LogP) is 3.71. The highest BCUT2D eigenvalue weighted by Gasteiger charge is 2.19. The van der Waals surface area contributed by atoms with Crippen molar-refractivity contribution in [1.82, 2.24) is 14.7 Å². The van der Waals surface area contributed by atoms with Gasteiger partial charge in [-0.1, -0.05) is 17.3 Å². The topological polar surface area (TPSA) is 91.4 Å². The molecule has 1 aliphatic heterocycles. The van der Waals surface area contributed by atoms with Gasteiger partial charge in [-0.05, 0) is 42.5 Å². The lowest BCUT2D eigenvalue weighted by molar-refractivity contribution is -0.116. The fourth-order valence-corrected chi connectivity index (χ4v) is 3.13. The van der Waals surface area contributed by atoms with Gasteiger partial charge >= 0.3 is 0 Å². The van der Waals surface area contributed by atoms with Crippen LogP contribution in [0.1, 0.15) is 0 Å². The minimum atomic E-state index is -0.496. The van der Waals surface area contributed by atoms with E-state index in [4.69, 9.17) is 14.0 Å². The molecule has 30 heavy (non-hydrogen) atoms. The van der Waals surface area contributed by atoms with Crippen molar-refractivity contribution in [3.05, 3.63) is 66.6 Å². The Morgan fingerprint density at radius 1 is 1.10 bits per heavy atom. The van der Waals surface area contributed by atoms with Crippen LogP contribution in [0.3, 0.4) is 0 Å². The fourth-order valence-electron chi connectivity index (χ4n) is 3.13. The van der Waals surface area contributed by atoms with Crippen LogP contribution in [0.2, 0.25) is 0 Å². The first kappa shape index (κ1) is 17.9. The smallest absolute Gasteiger partial charge is 0.274 e. The highest BCUT2D eigenvalue weighted by atomic mass is 19.1. The van der Waals surface area contributed by atoms with Crippen molar-refractivity contribution in [3.63, 3.8) is 0 Å². The van der Waals surface area contributed by atoms with Gasteiger partial charge in [-0.15, -0.1) is 0 Å². The van der Waals surface area contributed by atoms with Crippen LogP contribution in [0.5, 0.6) is 11.5 Å². The van der Waals surface area contributed by atoms with Crippen molar-refractivity contribution < 1.29 is 23.2 Å². The Hall–Kier alpha value is -4.14. The van der Waals surface area contributed by atoms with Gasteiger partial charge in [0.2, 0.25) is 18.5 Å². The fraction of sp³-hybridized carbons (Fsp3) is 0.0952. The van der Waals surface area contributed by atoms with E-state index in [1.807, 2.05) is 6.07 Å². The Morgan fingerprint density at radius 2 is 1.97 bits per heavy atom. The van der Waals surface area contributed by atoms with Crippen LogP contribution in [0.4, 0.5) is 10.1 Å². The van der Waals surface area contributed by atoms with Crippen molar-refractivity contribution >= 4 is 11.6 Å². The number of ether oxygens (including phenoxy) is 2. The Labute approximate surface area is 169 Å². The third-order valence-corrected chi connectivity index (χ3v) is 4.57. The summed E-state index contributed by atoms with van der Waals surface area (Å²) >= 11 is 0. The van der Waals surface area contributed by atoms with Gasteiger partial charge in [0.25, 0.3) is 5.89 Å². The van der Waals surface area contributed by atoms with Gasteiger partial charge in [0, 0.05) is 11.8 Å². The second kappa shape index (κ2) is 7.36. The summed E-state index contributed by atoms with van der Waals surface area (Å²) in [7, 11) is 0. The quantitative estimate of drug-likeness (QED) is 0.543. The van der Waals surface area contributed by atoms with Gasteiger partial charge in [-0.2, -0.15) is 4.98 Å². The van der Waals surface area contributed by atoms with Crippen LogP contribution >= 0.6 is 0 Å². The number of hydrogen-bond acceptors (Lipinski definition) is 6. The van der Waals surface area contributed by atoms with Gasteiger partial charge in [0.1, 0.15) is 18.1 Å². The van der Waals surface area contributed by atoms with Crippen LogP contribution in [0.15, 0.2) is 65.3 Å². The van der Waals surface area contributed by atoms with Crippen molar-refractivity contribution in [2.75, 3.05) is 12.1 Å². The van der Waals surface area contributed by atoms with E-state index in [-0.39, 0.29) is 30.8 Å². The number of benzene rings is 2. The molecule has 0 aliphatic carbocycles. The van der Waals surface area contributed by atoms with Crippen LogP contribution in [-0.4, -0.2) is 27.4 Å². The minimum Gasteiger partial charge on any atom is -0.454 e. The summed E-state index contributed by atoms with van der Waals surface area (Å²) < 4.78 is 31.5. The molecule has 0 radical (unpaired) electrons. The van der Waals surface area contributed by atoms with E-state index < -0.39 is 5.82 Å². The number of halogens is 1. The summed E-state index contributed by atoms with van der Waals surface area (Å²) in [4.78, 5) is 16.8. The van der Waals surface area contributed by atoms with Crippen molar-refractivity contribution in [3.8, 4) is 34.5 Å². The number of rotatable bonds is 5. The summed E-state index contributed by atoms with van der Waals surface area (Å²) in [6.07, 6.45) is 1.71. The number of nitrogens with one attached hydrogen (secondary N) is 1. The number of fused-ring (bicyclic) bond motifs is 1. The highest BCUT2D eigenvalue weighted by molar-refractivity contribution is 5.91. The number of aromatic nitrogens is 3. The standard InChI is InChI=1S/C21H15FN4O4/c22-14-4-1-2-5-15(14)23-19(27)11-26-9-3-6-16(26)21-24-20(25-30-21)13-7-8-17-18(10-13)29-12-28-17/h1-10H,11-12H2,(H,23,27). The third kappa shape index (κ3) is 3.37. The Kier molecular flexibility index (Phi) is 4.40. The monoisotopic (exact) mass is 406 g/mol. The molecule has 1 aliphatic rings. The average molecular weight is 406 g/mol. The molecule has 0 saturated heterocycles. The summed E-state index contributed by atoms with van der Waals surface area (Å²) in [6.45, 7) is 0.136. The van der Waals surface area contributed by atoms with Crippen molar-refractivity contribution in [1.29, 1.82) is 0 Å². The van der Waals surface area contributed by atoms with Gasteiger partial charge in [-0.25, -0.2) is 4.39 Å². The number of nitrogens with zero attached hydrogens (tertiary/aromatic N) is 3. The molecule has 150 valence electrons. The van der Waals surface area contributed by atoms with Crippen molar-refractivity contribution in [2.45, 2.75) is 6.54 Å². The number of hydrogen-bond donors (Lipinski definition) is 1. The summed E-state index contributed by atoms with van der Waals surface area (Å²) in [5.74, 6) is 1.04. The molecule has 0 unspecified atom stereocenters. The molecule has 9 heteroatoms. The lowest BCUT2D eigenvalue weighted by atomic mass is 10.2. The van der Waals surface area contributed by atoms with E-state index in [9.17, 15) is 9.18 Å². The Balaban J connectivity index is 1.35. The zero-order valence-electron chi connectivity index (χ0n) is 15.5. The molecule has 8 nitrogen and oxygen atoms in total. The summed E-state index contributed by atoms with van der Waals surface area (Å²) in [6, 6.07) is 14.9. The Bertz CT molecular complexity index is 1230. The number of anilines is 1. The maximum Gasteiger partial charge on any atom is 0.274 e. The molecule has 4 aromatic rings. The molecule has 1 N–H and O–H groups in total. The average Bonchev–Trinajstić information content (AvgIpc) is 3.49. The van der Waals surface area contributed by atoms with E-state index in [0.717, 1.165) is 0 Å². The molecule has 0 fully saturated rings. The second-order valence-corrected chi connectivity index (χ2v) is 6.54. The summed E-state index contributed by atoms with van der Waals surface area (Å²) in [5, 5.41) is 6.58. The molecule has 5 rings (SSSR count). The predicted molar refractivity (Wildman–Crippen MR) is 104 cm³/mol. The van der Waals surface area contributed by atoms with E-state index in [1.165, 1.54) is 12.1 Å². The van der Waals surface area contributed by atoms with E-state index in [2.05, 4.69) is 15.5 Å². The van der Waals surface area contributed by atoms with E-state index in [1.54, 1.807) is 47.2 Å². The zero-order valence-corrected chi connectivity index (χ0v) is 15.5. The summed E-state index contributed by atoms with van der Waals surface area (Å²) in [5.41, 5.74) is 1.40. The molecule has 2 aromatic carbocycles. The first-order valence-electron chi connectivity index (χ1n) is 9.11. The molecule has 2 aromatic heterocycles. The van der Waals surface area contributed by atoms with Gasteiger partial charge in [0.15, 0.2) is 11.5 Å². The van der Waals surface area contributed by atoms with Gasteiger partial charge in [-0.3, -0.25) is 4.79 Å². The van der Waals surface area contributed by atoms with Crippen LogP contribution in [-0.2, 0) is 11.3 Å². The lowest BCUT2D eigenvalue weighted by Crippen LogP contribution is -2.19. The number of amides is 1. The molecule has 3 heterocycles. The highest BCUT2D eigenvalue weighted by Crippen LogP contribution is 2.35. The van der Waals surface area contributed by atoms with E-state index >= 15 is 0 Å². The largest absolute Gasteiger partial charge is 0.454 e.